The maximum absolute atomic E-state index is 10.3. The second-order valence-corrected chi connectivity index (χ2v) is 6.09. The van der Waals surface area contributed by atoms with Crippen LogP contribution in [-0.2, 0) is 24.2 Å². The molecule has 3 nitrogen and oxygen atoms in total. The molecule has 3 aromatic carbocycles. The highest BCUT2D eigenvalue weighted by Gasteiger charge is 2.04. The first kappa shape index (κ1) is 17.7. The number of benzene rings is 3. The number of ether oxygens (including phenoxy) is 2. The summed E-state index contributed by atoms with van der Waals surface area (Å²) in [5, 5.41) is 0. The van der Waals surface area contributed by atoms with Crippen molar-refractivity contribution < 1.29 is 14.3 Å². The first-order valence-corrected chi connectivity index (χ1v) is 8.79. The van der Waals surface area contributed by atoms with Crippen molar-refractivity contribution >= 4 is 6.47 Å². The predicted octanol–water partition coefficient (Wildman–Crippen LogP) is 4.98. The van der Waals surface area contributed by atoms with E-state index in [-0.39, 0.29) is 0 Å². The van der Waals surface area contributed by atoms with Crippen LogP contribution in [0, 0.1) is 0 Å². The topological polar surface area (TPSA) is 35.5 Å². The van der Waals surface area contributed by atoms with Gasteiger partial charge in [-0.05, 0) is 54.2 Å². The van der Waals surface area contributed by atoms with Crippen LogP contribution in [0.4, 0.5) is 0 Å². The van der Waals surface area contributed by atoms with Crippen LogP contribution in [0.2, 0.25) is 0 Å². The van der Waals surface area contributed by atoms with E-state index in [1.807, 2.05) is 54.6 Å². The highest BCUT2D eigenvalue weighted by molar-refractivity contribution is 5.45. The van der Waals surface area contributed by atoms with Gasteiger partial charge in [-0.25, -0.2) is 0 Å². The molecular weight excluding hydrogens is 324 g/mol. The van der Waals surface area contributed by atoms with Gasteiger partial charge in [0, 0.05) is 0 Å². The molecule has 0 radical (unpaired) electrons. The zero-order valence-electron chi connectivity index (χ0n) is 14.6. The molecule has 0 aliphatic carbocycles. The molecule has 132 valence electrons. The Morgan fingerprint density at radius 2 is 1.46 bits per heavy atom. The van der Waals surface area contributed by atoms with Gasteiger partial charge in [0.15, 0.2) is 0 Å². The van der Waals surface area contributed by atoms with Crippen LogP contribution in [0.1, 0.15) is 23.1 Å². The molecule has 3 heteroatoms. The third-order valence-corrected chi connectivity index (χ3v) is 4.23. The molecule has 26 heavy (non-hydrogen) atoms. The Hall–Kier alpha value is -3.07. The summed E-state index contributed by atoms with van der Waals surface area (Å²) in [6, 6.07) is 26.0. The average molecular weight is 346 g/mol. The minimum absolute atomic E-state index is 0.446. The van der Waals surface area contributed by atoms with Gasteiger partial charge in [0.25, 0.3) is 6.47 Å². The van der Waals surface area contributed by atoms with Crippen molar-refractivity contribution in [2.24, 2.45) is 0 Å². The first-order valence-electron chi connectivity index (χ1n) is 8.79. The Balaban J connectivity index is 1.53. The third-order valence-electron chi connectivity index (χ3n) is 4.23. The number of hydrogen-bond acceptors (Lipinski definition) is 3. The van der Waals surface area contributed by atoms with Crippen molar-refractivity contribution in [3.63, 3.8) is 0 Å². The number of aryl methyl sites for hydroxylation is 2. The molecular formula is C23H22O3. The quantitative estimate of drug-likeness (QED) is 0.513. The lowest BCUT2D eigenvalue weighted by Gasteiger charge is -2.11. The van der Waals surface area contributed by atoms with Crippen LogP contribution in [0.5, 0.6) is 11.5 Å². The number of carbonyl (C=O) groups is 1. The number of rotatable bonds is 9. The number of carbonyl (C=O) groups excluding carboxylic acids is 1. The smallest absolute Gasteiger partial charge is 0.298 e. The van der Waals surface area contributed by atoms with Gasteiger partial charge in [-0.2, -0.15) is 0 Å². The Kier molecular flexibility index (Phi) is 6.43. The summed E-state index contributed by atoms with van der Waals surface area (Å²) in [5.74, 6) is 1.52. The van der Waals surface area contributed by atoms with E-state index in [1.54, 1.807) is 0 Å². The zero-order chi connectivity index (χ0) is 18.0. The summed E-state index contributed by atoms with van der Waals surface area (Å²) < 4.78 is 10.8. The zero-order valence-corrected chi connectivity index (χ0v) is 14.6. The van der Waals surface area contributed by atoms with Crippen molar-refractivity contribution in [2.75, 3.05) is 0 Å². The molecule has 0 N–H and O–H groups in total. The first-order chi connectivity index (χ1) is 12.8. The Bertz CT molecular complexity index is 810. The summed E-state index contributed by atoms with van der Waals surface area (Å²) >= 11 is 0. The van der Waals surface area contributed by atoms with Crippen molar-refractivity contribution in [2.45, 2.75) is 25.9 Å². The molecule has 3 aromatic rings. The number of para-hydroxylation sites is 1. The second kappa shape index (κ2) is 9.42. The van der Waals surface area contributed by atoms with E-state index in [0.29, 0.717) is 18.8 Å². The van der Waals surface area contributed by atoms with Gasteiger partial charge in [0.1, 0.15) is 18.1 Å². The molecule has 0 saturated heterocycles. The fourth-order valence-corrected chi connectivity index (χ4v) is 2.86. The van der Waals surface area contributed by atoms with Crippen LogP contribution >= 0.6 is 0 Å². The SMILES string of the molecule is O=COc1ccc(CCCc2ccccc2OCc2ccccc2)cc1. The van der Waals surface area contributed by atoms with Crippen molar-refractivity contribution in [1.29, 1.82) is 0 Å². The molecule has 0 heterocycles. The fraction of sp³-hybridized carbons (Fsp3) is 0.174. The minimum Gasteiger partial charge on any atom is -0.489 e. The molecule has 0 aromatic heterocycles. The molecule has 0 spiro atoms. The largest absolute Gasteiger partial charge is 0.489 e. The normalized spacial score (nSPS) is 10.3. The molecule has 0 atom stereocenters. The fourth-order valence-electron chi connectivity index (χ4n) is 2.86. The van der Waals surface area contributed by atoms with E-state index in [2.05, 4.69) is 24.3 Å². The standard InChI is InChI=1S/C23H22O3/c24-18-26-22-15-13-19(14-16-22)9-6-11-21-10-4-5-12-23(21)25-17-20-7-2-1-3-8-20/h1-5,7-8,10,12-16,18H,6,9,11,17H2. The van der Waals surface area contributed by atoms with E-state index in [9.17, 15) is 4.79 Å². The monoisotopic (exact) mass is 346 g/mol. The summed E-state index contributed by atoms with van der Waals surface area (Å²) in [7, 11) is 0. The summed E-state index contributed by atoms with van der Waals surface area (Å²) in [5.41, 5.74) is 3.62. The molecule has 0 amide bonds. The lowest BCUT2D eigenvalue weighted by atomic mass is 10.0. The van der Waals surface area contributed by atoms with Crippen molar-refractivity contribution in [3.05, 3.63) is 95.6 Å². The summed E-state index contributed by atoms with van der Waals surface area (Å²) in [6.45, 7) is 1.03. The van der Waals surface area contributed by atoms with Crippen molar-refractivity contribution in [3.8, 4) is 11.5 Å². The molecule has 0 fully saturated rings. The third kappa shape index (κ3) is 5.21. The van der Waals surface area contributed by atoms with Crippen LogP contribution in [-0.4, -0.2) is 6.47 Å². The van der Waals surface area contributed by atoms with E-state index in [1.165, 1.54) is 16.7 Å². The van der Waals surface area contributed by atoms with Crippen LogP contribution < -0.4 is 9.47 Å². The highest BCUT2D eigenvalue weighted by Crippen LogP contribution is 2.22. The molecule has 0 bridgehead atoms. The second-order valence-electron chi connectivity index (χ2n) is 6.09. The van der Waals surface area contributed by atoms with Crippen LogP contribution in [0.3, 0.4) is 0 Å². The molecule has 0 saturated carbocycles. The summed E-state index contributed by atoms with van der Waals surface area (Å²) in [4.78, 5) is 10.3. The lowest BCUT2D eigenvalue weighted by Crippen LogP contribution is -1.99. The Morgan fingerprint density at radius 1 is 0.731 bits per heavy atom. The maximum atomic E-state index is 10.3. The molecule has 3 rings (SSSR count). The summed E-state index contributed by atoms with van der Waals surface area (Å²) in [6.07, 6.45) is 2.95. The van der Waals surface area contributed by atoms with E-state index in [4.69, 9.17) is 9.47 Å². The van der Waals surface area contributed by atoms with E-state index in [0.717, 1.165) is 25.0 Å². The van der Waals surface area contributed by atoms with Gasteiger partial charge in [-0.3, -0.25) is 4.79 Å². The maximum Gasteiger partial charge on any atom is 0.298 e. The van der Waals surface area contributed by atoms with Gasteiger partial charge in [-0.15, -0.1) is 0 Å². The number of hydrogen-bond donors (Lipinski definition) is 0. The molecule has 0 aliphatic heterocycles. The van der Waals surface area contributed by atoms with Gasteiger partial charge in [0.05, 0.1) is 0 Å². The lowest BCUT2D eigenvalue weighted by molar-refractivity contribution is -0.120. The van der Waals surface area contributed by atoms with E-state index < -0.39 is 0 Å². The molecule has 0 aliphatic rings. The van der Waals surface area contributed by atoms with Crippen LogP contribution in [0.15, 0.2) is 78.9 Å². The molecule has 0 unspecified atom stereocenters. The highest BCUT2D eigenvalue weighted by atomic mass is 16.5. The van der Waals surface area contributed by atoms with Gasteiger partial charge in [0.2, 0.25) is 0 Å². The Morgan fingerprint density at radius 3 is 2.23 bits per heavy atom. The average Bonchev–Trinajstić information content (AvgIpc) is 2.70. The van der Waals surface area contributed by atoms with E-state index >= 15 is 0 Å². The van der Waals surface area contributed by atoms with Gasteiger partial charge < -0.3 is 9.47 Å². The van der Waals surface area contributed by atoms with Gasteiger partial charge >= 0.3 is 0 Å². The predicted molar refractivity (Wildman–Crippen MR) is 102 cm³/mol. The minimum atomic E-state index is 0.446. The van der Waals surface area contributed by atoms with Crippen molar-refractivity contribution in [1.82, 2.24) is 0 Å². The van der Waals surface area contributed by atoms with Gasteiger partial charge in [-0.1, -0.05) is 60.7 Å². The van der Waals surface area contributed by atoms with Crippen LogP contribution in [0.25, 0.3) is 0 Å². The Labute approximate surface area is 154 Å².